The van der Waals surface area contributed by atoms with Gasteiger partial charge in [-0.25, -0.2) is 0 Å². The number of rotatable bonds is 4. The minimum absolute atomic E-state index is 0.0757. The summed E-state index contributed by atoms with van der Waals surface area (Å²) in [5.74, 6) is 1.13. The van der Waals surface area contributed by atoms with E-state index >= 15 is 0 Å². The molecule has 2 aliphatic rings. The maximum atomic E-state index is 11.8. The Kier molecular flexibility index (Phi) is 4.01. The highest BCUT2D eigenvalue weighted by atomic mass is 16.2. The molecule has 0 aromatic carbocycles. The van der Waals surface area contributed by atoms with Gasteiger partial charge in [0.2, 0.25) is 5.91 Å². The molecular formula is C12H22N2O. The molecule has 3 heteroatoms. The molecule has 0 aromatic rings. The van der Waals surface area contributed by atoms with Crippen molar-refractivity contribution in [2.45, 2.75) is 51.0 Å². The number of hydrogen-bond donors (Lipinski definition) is 2. The fourth-order valence-electron chi connectivity index (χ4n) is 2.18. The monoisotopic (exact) mass is 210 g/mol. The highest BCUT2D eigenvalue weighted by Gasteiger charge is 2.22. The van der Waals surface area contributed by atoms with Crippen molar-refractivity contribution in [1.82, 2.24) is 10.6 Å². The molecule has 3 nitrogen and oxygen atoms in total. The Morgan fingerprint density at radius 3 is 2.87 bits per heavy atom. The van der Waals surface area contributed by atoms with E-state index < -0.39 is 0 Å². The Labute approximate surface area is 92.0 Å². The van der Waals surface area contributed by atoms with E-state index in [1.165, 1.54) is 38.5 Å². The van der Waals surface area contributed by atoms with Gasteiger partial charge in [0, 0.05) is 6.54 Å². The van der Waals surface area contributed by atoms with Gasteiger partial charge in [-0.1, -0.05) is 25.7 Å². The lowest BCUT2D eigenvalue weighted by atomic mass is 10.1. The molecule has 1 saturated carbocycles. The number of hydrogen-bond acceptors (Lipinski definition) is 2. The summed E-state index contributed by atoms with van der Waals surface area (Å²) in [5.41, 5.74) is 0. The molecule has 2 N–H and O–H groups in total. The molecule has 0 radical (unpaired) electrons. The second kappa shape index (κ2) is 5.50. The first-order valence-corrected chi connectivity index (χ1v) is 6.37. The van der Waals surface area contributed by atoms with Gasteiger partial charge in [-0.05, 0) is 31.7 Å². The molecule has 1 aliphatic heterocycles. The van der Waals surface area contributed by atoms with Crippen molar-refractivity contribution in [2.24, 2.45) is 5.92 Å². The lowest BCUT2D eigenvalue weighted by Crippen LogP contribution is -2.44. The molecule has 1 amide bonds. The summed E-state index contributed by atoms with van der Waals surface area (Å²) in [6, 6.07) is 0.0757. The van der Waals surface area contributed by atoms with Crippen LogP contribution in [0.25, 0.3) is 0 Å². The molecule has 15 heavy (non-hydrogen) atoms. The van der Waals surface area contributed by atoms with Crippen molar-refractivity contribution in [3.05, 3.63) is 0 Å². The van der Waals surface area contributed by atoms with E-state index in [9.17, 15) is 4.79 Å². The summed E-state index contributed by atoms with van der Waals surface area (Å²) < 4.78 is 0. The SMILES string of the molecule is O=C(NCCC1CC1)C1CCCCCN1. The Balaban J connectivity index is 1.63. The predicted octanol–water partition coefficient (Wildman–Crippen LogP) is 1.43. The molecule has 2 rings (SSSR count). The van der Waals surface area contributed by atoms with Gasteiger partial charge in [0.15, 0.2) is 0 Å². The molecule has 1 atom stereocenters. The molecular weight excluding hydrogens is 188 g/mol. The number of carbonyl (C=O) groups excluding carboxylic acids is 1. The first-order valence-electron chi connectivity index (χ1n) is 6.37. The Morgan fingerprint density at radius 1 is 1.20 bits per heavy atom. The molecule has 1 aliphatic carbocycles. The average molecular weight is 210 g/mol. The van der Waals surface area contributed by atoms with Crippen LogP contribution in [0.1, 0.15) is 44.9 Å². The summed E-state index contributed by atoms with van der Waals surface area (Å²) >= 11 is 0. The first-order chi connectivity index (χ1) is 7.36. The van der Waals surface area contributed by atoms with E-state index in [0.29, 0.717) is 0 Å². The fraction of sp³-hybridized carbons (Fsp3) is 0.917. The van der Waals surface area contributed by atoms with Crippen LogP contribution in [0.2, 0.25) is 0 Å². The maximum Gasteiger partial charge on any atom is 0.237 e. The Bertz CT molecular complexity index is 206. The second-order valence-electron chi connectivity index (χ2n) is 4.88. The minimum Gasteiger partial charge on any atom is -0.355 e. The van der Waals surface area contributed by atoms with Crippen LogP contribution in [0.5, 0.6) is 0 Å². The summed E-state index contributed by atoms with van der Waals surface area (Å²) in [7, 11) is 0. The molecule has 1 unspecified atom stereocenters. The normalized spacial score (nSPS) is 27.1. The molecule has 0 spiro atoms. The van der Waals surface area contributed by atoms with E-state index in [2.05, 4.69) is 10.6 Å². The van der Waals surface area contributed by atoms with Crippen LogP contribution in [-0.2, 0) is 4.79 Å². The predicted molar refractivity (Wildman–Crippen MR) is 60.6 cm³/mol. The van der Waals surface area contributed by atoms with Crippen LogP contribution < -0.4 is 10.6 Å². The van der Waals surface area contributed by atoms with Gasteiger partial charge >= 0.3 is 0 Å². The van der Waals surface area contributed by atoms with Crippen molar-refractivity contribution < 1.29 is 4.79 Å². The molecule has 0 aromatic heterocycles. The van der Waals surface area contributed by atoms with Crippen LogP contribution in [-0.4, -0.2) is 25.0 Å². The molecule has 1 saturated heterocycles. The van der Waals surface area contributed by atoms with Crippen molar-refractivity contribution >= 4 is 5.91 Å². The van der Waals surface area contributed by atoms with Crippen molar-refractivity contribution in [3.63, 3.8) is 0 Å². The van der Waals surface area contributed by atoms with Crippen LogP contribution in [0.3, 0.4) is 0 Å². The molecule has 86 valence electrons. The van der Waals surface area contributed by atoms with E-state index in [0.717, 1.165) is 25.4 Å². The summed E-state index contributed by atoms with van der Waals surface area (Å²) in [6.45, 7) is 1.88. The third-order valence-electron chi connectivity index (χ3n) is 3.43. The van der Waals surface area contributed by atoms with Crippen molar-refractivity contribution in [2.75, 3.05) is 13.1 Å². The fourth-order valence-corrected chi connectivity index (χ4v) is 2.18. The Hall–Kier alpha value is -0.570. The van der Waals surface area contributed by atoms with Gasteiger partial charge in [0.05, 0.1) is 6.04 Å². The van der Waals surface area contributed by atoms with E-state index in [-0.39, 0.29) is 11.9 Å². The molecule has 2 fully saturated rings. The first kappa shape index (κ1) is 10.9. The summed E-state index contributed by atoms with van der Waals surface area (Å²) in [4.78, 5) is 11.8. The zero-order chi connectivity index (χ0) is 10.5. The maximum absolute atomic E-state index is 11.8. The highest BCUT2D eigenvalue weighted by Crippen LogP contribution is 2.31. The van der Waals surface area contributed by atoms with E-state index in [1.807, 2.05) is 0 Å². The van der Waals surface area contributed by atoms with Crippen LogP contribution in [0.15, 0.2) is 0 Å². The average Bonchev–Trinajstić information content (AvgIpc) is 3.04. The lowest BCUT2D eigenvalue weighted by Gasteiger charge is -2.15. The lowest BCUT2D eigenvalue weighted by molar-refractivity contribution is -0.123. The number of amides is 1. The number of carbonyl (C=O) groups is 1. The van der Waals surface area contributed by atoms with Gasteiger partial charge in [0.25, 0.3) is 0 Å². The van der Waals surface area contributed by atoms with Gasteiger partial charge < -0.3 is 10.6 Å². The van der Waals surface area contributed by atoms with Gasteiger partial charge in [-0.3, -0.25) is 4.79 Å². The van der Waals surface area contributed by atoms with Crippen LogP contribution >= 0.6 is 0 Å². The smallest absolute Gasteiger partial charge is 0.237 e. The van der Waals surface area contributed by atoms with Gasteiger partial charge in [-0.15, -0.1) is 0 Å². The van der Waals surface area contributed by atoms with Crippen molar-refractivity contribution in [1.29, 1.82) is 0 Å². The topological polar surface area (TPSA) is 41.1 Å². The van der Waals surface area contributed by atoms with Crippen LogP contribution in [0.4, 0.5) is 0 Å². The van der Waals surface area contributed by atoms with E-state index in [1.54, 1.807) is 0 Å². The summed E-state index contributed by atoms with van der Waals surface area (Å²) in [5, 5.41) is 6.37. The molecule has 0 bridgehead atoms. The van der Waals surface area contributed by atoms with E-state index in [4.69, 9.17) is 0 Å². The van der Waals surface area contributed by atoms with Crippen LogP contribution in [0, 0.1) is 5.92 Å². The zero-order valence-electron chi connectivity index (χ0n) is 9.43. The van der Waals surface area contributed by atoms with Crippen molar-refractivity contribution in [3.8, 4) is 0 Å². The van der Waals surface area contributed by atoms with Gasteiger partial charge in [-0.2, -0.15) is 0 Å². The minimum atomic E-state index is 0.0757. The highest BCUT2D eigenvalue weighted by molar-refractivity contribution is 5.81. The third-order valence-corrected chi connectivity index (χ3v) is 3.43. The van der Waals surface area contributed by atoms with Gasteiger partial charge in [0.1, 0.15) is 0 Å². The largest absolute Gasteiger partial charge is 0.355 e. The number of nitrogens with one attached hydrogen (secondary N) is 2. The molecule has 1 heterocycles. The standard InChI is InChI=1S/C12H22N2O/c15-12(14-9-7-10-5-6-10)11-4-2-1-3-8-13-11/h10-11,13H,1-9H2,(H,14,15). The zero-order valence-corrected chi connectivity index (χ0v) is 9.43. The third kappa shape index (κ3) is 3.82. The Morgan fingerprint density at radius 2 is 2.07 bits per heavy atom. The summed E-state index contributed by atoms with van der Waals surface area (Å²) in [6.07, 6.45) is 8.60. The quantitative estimate of drug-likeness (QED) is 0.737. The second-order valence-corrected chi connectivity index (χ2v) is 4.88.